The van der Waals surface area contributed by atoms with Crippen molar-refractivity contribution in [3.8, 4) is 11.5 Å². The number of ether oxygens (including phenoxy) is 2. The lowest BCUT2D eigenvalue weighted by Crippen LogP contribution is -2.36. The van der Waals surface area contributed by atoms with Crippen molar-refractivity contribution < 1.29 is 19.1 Å². The summed E-state index contributed by atoms with van der Waals surface area (Å²) in [5.41, 5.74) is 1.69. The fraction of sp³-hybridized carbons (Fsp3) is 0.520. The summed E-state index contributed by atoms with van der Waals surface area (Å²) in [7, 11) is 1.53. The summed E-state index contributed by atoms with van der Waals surface area (Å²) >= 11 is 0. The maximum Gasteiger partial charge on any atom is 0.168 e. The Kier molecular flexibility index (Phi) is 7.45. The van der Waals surface area contributed by atoms with Crippen LogP contribution in [0.2, 0.25) is 0 Å². The molecule has 1 aromatic rings. The van der Waals surface area contributed by atoms with Crippen molar-refractivity contribution in [1.29, 1.82) is 0 Å². The number of hydrogen-bond donors (Lipinski definition) is 0. The molecule has 0 N–H and O–H groups in total. The van der Waals surface area contributed by atoms with Gasteiger partial charge in [-0.1, -0.05) is 45.9 Å². The predicted octanol–water partition coefficient (Wildman–Crippen LogP) is 6.01. The summed E-state index contributed by atoms with van der Waals surface area (Å²) in [6.07, 6.45) is 5.95. The van der Waals surface area contributed by atoms with E-state index >= 15 is 0 Å². The van der Waals surface area contributed by atoms with E-state index in [0.717, 1.165) is 12.8 Å². The SMILES string of the molecule is C=COc1ccc(C(=O)C(C)C(C)CC(=O)C2C(C)=CCCC2(C)C)cc1OC. The van der Waals surface area contributed by atoms with Crippen LogP contribution in [-0.2, 0) is 4.79 Å². The zero-order chi connectivity index (χ0) is 21.8. The van der Waals surface area contributed by atoms with Gasteiger partial charge in [0.25, 0.3) is 0 Å². The quantitative estimate of drug-likeness (QED) is 0.290. The molecule has 29 heavy (non-hydrogen) atoms. The lowest BCUT2D eigenvalue weighted by molar-refractivity contribution is -0.126. The van der Waals surface area contributed by atoms with Crippen molar-refractivity contribution >= 4 is 11.6 Å². The number of benzene rings is 1. The third kappa shape index (κ3) is 5.17. The summed E-state index contributed by atoms with van der Waals surface area (Å²) < 4.78 is 10.6. The van der Waals surface area contributed by atoms with Crippen LogP contribution < -0.4 is 9.47 Å². The van der Waals surface area contributed by atoms with Crippen LogP contribution >= 0.6 is 0 Å². The molecule has 158 valence electrons. The Labute approximate surface area is 175 Å². The first-order chi connectivity index (χ1) is 13.6. The van der Waals surface area contributed by atoms with Crippen LogP contribution in [0, 0.1) is 23.2 Å². The minimum absolute atomic E-state index is 0.00363. The average Bonchev–Trinajstić information content (AvgIpc) is 2.66. The molecule has 1 aliphatic carbocycles. The third-order valence-corrected chi connectivity index (χ3v) is 6.26. The first-order valence-electron chi connectivity index (χ1n) is 10.3. The van der Waals surface area contributed by atoms with E-state index in [-0.39, 0.29) is 34.7 Å². The van der Waals surface area contributed by atoms with E-state index in [4.69, 9.17) is 9.47 Å². The largest absolute Gasteiger partial charge is 0.493 e. The summed E-state index contributed by atoms with van der Waals surface area (Å²) in [5, 5.41) is 0. The number of methoxy groups -OCH3 is 1. The van der Waals surface area contributed by atoms with E-state index in [1.54, 1.807) is 18.2 Å². The Balaban J connectivity index is 2.13. The molecular weight excluding hydrogens is 364 g/mol. The molecule has 0 saturated heterocycles. The number of Topliss-reactive ketones (excluding diaryl/α,β-unsaturated/α-hetero) is 2. The molecule has 0 bridgehead atoms. The fourth-order valence-electron chi connectivity index (χ4n) is 4.38. The van der Waals surface area contributed by atoms with Crippen molar-refractivity contribution in [2.24, 2.45) is 23.2 Å². The van der Waals surface area contributed by atoms with Crippen molar-refractivity contribution in [1.82, 2.24) is 0 Å². The smallest absolute Gasteiger partial charge is 0.168 e. The first-order valence-corrected chi connectivity index (χ1v) is 10.3. The average molecular weight is 399 g/mol. The van der Waals surface area contributed by atoms with Gasteiger partial charge in [0, 0.05) is 23.8 Å². The molecule has 0 amide bonds. The molecule has 0 saturated carbocycles. The molecule has 1 aromatic carbocycles. The third-order valence-electron chi connectivity index (χ3n) is 6.26. The molecule has 0 radical (unpaired) electrons. The van der Waals surface area contributed by atoms with Gasteiger partial charge in [-0.25, -0.2) is 0 Å². The highest BCUT2D eigenvalue weighted by Gasteiger charge is 2.38. The molecule has 0 aliphatic heterocycles. The second-order valence-electron chi connectivity index (χ2n) is 8.86. The molecule has 0 fully saturated rings. The van der Waals surface area contributed by atoms with Crippen molar-refractivity contribution in [3.05, 3.63) is 48.3 Å². The van der Waals surface area contributed by atoms with Crippen LogP contribution in [0.25, 0.3) is 0 Å². The topological polar surface area (TPSA) is 52.6 Å². The number of carbonyl (C=O) groups excluding carboxylic acids is 2. The standard InChI is InChI=1S/C25H34O4/c1-8-29-21-12-11-19(15-22(21)28-7)24(27)18(4)17(3)14-20(26)23-16(2)10-9-13-25(23,5)6/h8,10-12,15,17-18,23H,1,9,13-14H2,2-7H3. The zero-order valence-corrected chi connectivity index (χ0v) is 18.6. The van der Waals surface area contributed by atoms with Gasteiger partial charge < -0.3 is 9.47 Å². The molecule has 0 heterocycles. The summed E-state index contributed by atoms with van der Waals surface area (Å²) in [4.78, 5) is 26.2. The first kappa shape index (κ1) is 22.9. The number of carbonyl (C=O) groups is 2. The summed E-state index contributed by atoms with van der Waals surface area (Å²) in [6.45, 7) is 13.8. The van der Waals surface area contributed by atoms with Crippen molar-refractivity contribution in [2.75, 3.05) is 7.11 Å². The maximum absolute atomic E-state index is 13.1. The molecule has 2 rings (SSSR count). The molecule has 0 spiro atoms. The van der Waals surface area contributed by atoms with Crippen LogP contribution in [0.15, 0.2) is 42.7 Å². The molecule has 3 unspecified atom stereocenters. The van der Waals surface area contributed by atoms with Gasteiger partial charge in [0.15, 0.2) is 17.3 Å². The van der Waals surface area contributed by atoms with Gasteiger partial charge in [-0.05, 0) is 49.3 Å². The summed E-state index contributed by atoms with van der Waals surface area (Å²) in [5.74, 6) is 0.859. The second-order valence-corrected chi connectivity index (χ2v) is 8.86. The highest BCUT2D eigenvalue weighted by molar-refractivity contribution is 5.98. The normalized spacial score (nSPS) is 20.2. The predicted molar refractivity (Wildman–Crippen MR) is 116 cm³/mol. The van der Waals surface area contributed by atoms with E-state index in [0.29, 0.717) is 23.5 Å². The van der Waals surface area contributed by atoms with Crippen LogP contribution in [0.3, 0.4) is 0 Å². The highest BCUT2D eigenvalue weighted by atomic mass is 16.5. The van der Waals surface area contributed by atoms with E-state index in [9.17, 15) is 9.59 Å². The Bertz CT molecular complexity index is 803. The molecule has 3 atom stereocenters. The minimum atomic E-state index is -0.272. The Morgan fingerprint density at radius 3 is 2.55 bits per heavy atom. The monoisotopic (exact) mass is 398 g/mol. The Morgan fingerprint density at radius 1 is 1.28 bits per heavy atom. The number of hydrogen-bond acceptors (Lipinski definition) is 4. The van der Waals surface area contributed by atoms with Gasteiger partial charge >= 0.3 is 0 Å². The van der Waals surface area contributed by atoms with E-state index in [1.165, 1.54) is 18.9 Å². The van der Waals surface area contributed by atoms with Gasteiger partial charge in [0.2, 0.25) is 0 Å². The van der Waals surface area contributed by atoms with Gasteiger partial charge in [-0.2, -0.15) is 0 Å². The Hall–Kier alpha value is -2.36. The van der Waals surface area contributed by atoms with E-state index in [2.05, 4.69) is 33.4 Å². The zero-order valence-electron chi connectivity index (χ0n) is 18.6. The minimum Gasteiger partial charge on any atom is -0.493 e. The molecular formula is C25H34O4. The molecule has 4 nitrogen and oxygen atoms in total. The number of ketones is 2. The fourth-order valence-corrected chi connectivity index (χ4v) is 4.38. The lowest BCUT2D eigenvalue weighted by atomic mass is 9.65. The van der Waals surface area contributed by atoms with Crippen LogP contribution in [-0.4, -0.2) is 18.7 Å². The van der Waals surface area contributed by atoms with E-state index in [1.807, 2.05) is 13.8 Å². The van der Waals surface area contributed by atoms with Gasteiger partial charge in [0.05, 0.1) is 13.4 Å². The van der Waals surface area contributed by atoms with Gasteiger partial charge in [0.1, 0.15) is 5.78 Å². The van der Waals surface area contributed by atoms with Gasteiger partial charge in [-0.3, -0.25) is 9.59 Å². The number of rotatable bonds is 9. The Morgan fingerprint density at radius 2 is 1.97 bits per heavy atom. The highest BCUT2D eigenvalue weighted by Crippen LogP contribution is 2.42. The molecule has 0 aromatic heterocycles. The van der Waals surface area contributed by atoms with Crippen LogP contribution in [0.4, 0.5) is 0 Å². The lowest BCUT2D eigenvalue weighted by Gasteiger charge is -2.38. The van der Waals surface area contributed by atoms with E-state index < -0.39 is 0 Å². The molecule has 1 aliphatic rings. The van der Waals surface area contributed by atoms with Crippen LogP contribution in [0.5, 0.6) is 11.5 Å². The number of allylic oxidation sites excluding steroid dienone is 2. The van der Waals surface area contributed by atoms with Gasteiger partial charge in [-0.15, -0.1) is 0 Å². The van der Waals surface area contributed by atoms with Crippen molar-refractivity contribution in [3.63, 3.8) is 0 Å². The second kappa shape index (κ2) is 9.43. The maximum atomic E-state index is 13.1. The molecule has 4 heteroatoms. The summed E-state index contributed by atoms with van der Waals surface area (Å²) in [6, 6.07) is 5.12. The van der Waals surface area contributed by atoms with Crippen LogP contribution in [0.1, 0.15) is 64.2 Å². The van der Waals surface area contributed by atoms with Crippen molar-refractivity contribution in [2.45, 2.75) is 53.9 Å².